The third-order valence-corrected chi connectivity index (χ3v) is 9.73. The van der Waals surface area contributed by atoms with Crippen LogP contribution in [0.5, 0.6) is 0 Å². The number of anilines is 1. The topological polar surface area (TPSA) is 86.8 Å². The molecule has 1 N–H and O–H groups in total. The lowest BCUT2D eigenvalue weighted by molar-refractivity contribution is -0.140. The third kappa shape index (κ3) is 8.57. The lowest BCUT2D eigenvalue weighted by atomic mass is 10.0. The van der Waals surface area contributed by atoms with Gasteiger partial charge in [-0.1, -0.05) is 107 Å². The molecule has 230 valence electrons. The van der Waals surface area contributed by atoms with Gasteiger partial charge in [-0.05, 0) is 61.7 Å². The molecule has 9 heteroatoms. The van der Waals surface area contributed by atoms with Crippen LogP contribution >= 0.6 is 15.9 Å². The first-order valence-corrected chi connectivity index (χ1v) is 16.8. The maximum Gasteiger partial charge on any atom is 0.264 e. The van der Waals surface area contributed by atoms with Gasteiger partial charge in [0.05, 0.1) is 10.6 Å². The van der Waals surface area contributed by atoms with E-state index >= 15 is 0 Å². The van der Waals surface area contributed by atoms with Gasteiger partial charge in [0.25, 0.3) is 10.0 Å². The normalized spacial score (nSPS) is 12.6. The van der Waals surface area contributed by atoms with E-state index in [1.54, 1.807) is 48.5 Å². The van der Waals surface area contributed by atoms with Gasteiger partial charge < -0.3 is 10.2 Å². The predicted molar refractivity (Wildman–Crippen MR) is 179 cm³/mol. The molecular formula is C35H38BrN3O4S. The summed E-state index contributed by atoms with van der Waals surface area (Å²) in [4.78, 5) is 29.9. The molecule has 0 aliphatic rings. The van der Waals surface area contributed by atoms with Crippen LogP contribution in [0.25, 0.3) is 0 Å². The summed E-state index contributed by atoms with van der Waals surface area (Å²) in [6.07, 6.45) is 0.991. The van der Waals surface area contributed by atoms with Gasteiger partial charge in [0, 0.05) is 23.5 Å². The number of nitrogens with zero attached hydrogens (tertiary/aromatic N) is 2. The number of halogens is 1. The van der Waals surface area contributed by atoms with Crippen LogP contribution in [0, 0.1) is 6.92 Å². The summed E-state index contributed by atoms with van der Waals surface area (Å²) in [6.45, 7) is 5.41. The second kappa shape index (κ2) is 15.2. The molecule has 0 saturated carbocycles. The molecule has 4 rings (SSSR count). The Morgan fingerprint density at radius 1 is 0.841 bits per heavy atom. The molecule has 0 unspecified atom stereocenters. The maximum atomic E-state index is 14.5. The van der Waals surface area contributed by atoms with E-state index in [0.29, 0.717) is 10.2 Å². The first-order valence-electron chi connectivity index (χ1n) is 14.6. The first-order chi connectivity index (χ1) is 21.1. The number of nitrogens with one attached hydrogen (secondary N) is 1. The van der Waals surface area contributed by atoms with Crippen molar-refractivity contribution in [1.29, 1.82) is 0 Å². The Hall–Kier alpha value is -3.95. The summed E-state index contributed by atoms with van der Waals surface area (Å²) in [5.74, 6) is -0.785. The monoisotopic (exact) mass is 675 g/mol. The predicted octanol–water partition coefficient (Wildman–Crippen LogP) is 6.51. The van der Waals surface area contributed by atoms with Crippen LogP contribution in [0.1, 0.15) is 37.0 Å². The third-order valence-electron chi connectivity index (χ3n) is 7.45. The molecule has 0 saturated heterocycles. The van der Waals surface area contributed by atoms with Gasteiger partial charge in [0.1, 0.15) is 12.6 Å². The van der Waals surface area contributed by atoms with Crippen molar-refractivity contribution in [2.45, 2.75) is 57.1 Å². The van der Waals surface area contributed by atoms with Gasteiger partial charge in [-0.25, -0.2) is 8.42 Å². The summed E-state index contributed by atoms with van der Waals surface area (Å²) >= 11 is 3.44. The Morgan fingerprint density at radius 2 is 1.45 bits per heavy atom. The lowest BCUT2D eigenvalue weighted by Crippen LogP contribution is -2.54. The van der Waals surface area contributed by atoms with Crippen LogP contribution < -0.4 is 9.62 Å². The first kappa shape index (κ1) is 33.0. The number of sulfonamides is 1. The van der Waals surface area contributed by atoms with Gasteiger partial charge in [0.15, 0.2) is 0 Å². The number of hydrogen-bond donors (Lipinski definition) is 1. The number of carbonyl (C=O) groups is 2. The average Bonchev–Trinajstić information content (AvgIpc) is 3.02. The van der Waals surface area contributed by atoms with Crippen LogP contribution in [0.2, 0.25) is 0 Å². The number of amides is 2. The highest BCUT2D eigenvalue weighted by Gasteiger charge is 2.35. The minimum atomic E-state index is -4.15. The molecular weight excluding hydrogens is 638 g/mol. The lowest BCUT2D eigenvalue weighted by Gasteiger charge is -2.34. The zero-order chi connectivity index (χ0) is 31.7. The van der Waals surface area contributed by atoms with Crippen molar-refractivity contribution in [2.24, 2.45) is 0 Å². The molecule has 0 heterocycles. The largest absolute Gasteiger partial charge is 0.352 e. The Labute approximate surface area is 269 Å². The van der Waals surface area contributed by atoms with Crippen molar-refractivity contribution in [1.82, 2.24) is 10.2 Å². The summed E-state index contributed by atoms with van der Waals surface area (Å²) in [5, 5.41) is 3.05. The van der Waals surface area contributed by atoms with Gasteiger partial charge in [-0.3, -0.25) is 13.9 Å². The van der Waals surface area contributed by atoms with Gasteiger partial charge in [0.2, 0.25) is 11.8 Å². The highest BCUT2D eigenvalue weighted by Crippen LogP contribution is 2.27. The molecule has 0 spiro atoms. The fraction of sp³-hybridized carbons (Fsp3) is 0.257. The Balaban J connectivity index is 1.79. The van der Waals surface area contributed by atoms with Crippen molar-refractivity contribution < 1.29 is 18.0 Å². The second-order valence-corrected chi connectivity index (χ2v) is 13.6. The molecule has 4 aromatic rings. The number of hydrogen-bond acceptors (Lipinski definition) is 4. The molecule has 0 bridgehead atoms. The van der Waals surface area contributed by atoms with E-state index in [4.69, 9.17) is 0 Å². The molecule has 0 radical (unpaired) electrons. The molecule has 0 aliphatic carbocycles. The molecule has 44 heavy (non-hydrogen) atoms. The summed E-state index contributed by atoms with van der Waals surface area (Å²) in [7, 11) is -4.15. The Morgan fingerprint density at radius 3 is 2.05 bits per heavy atom. The van der Waals surface area contributed by atoms with Crippen LogP contribution in [0.4, 0.5) is 5.69 Å². The van der Waals surface area contributed by atoms with Crippen LogP contribution in [0.15, 0.2) is 119 Å². The average molecular weight is 677 g/mol. The molecule has 4 aromatic carbocycles. The minimum absolute atomic E-state index is 0.0702. The fourth-order valence-electron chi connectivity index (χ4n) is 4.77. The fourth-order valence-corrected chi connectivity index (χ4v) is 6.57. The van der Waals surface area contributed by atoms with Crippen LogP contribution in [-0.4, -0.2) is 43.8 Å². The highest BCUT2D eigenvalue weighted by atomic mass is 79.9. The summed E-state index contributed by atoms with van der Waals surface area (Å²) in [5.41, 5.74) is 2.96. The van der Waals surface area contributed by atoms with Crippen LogP contribution in [-0.2, 0) is 32.6 Å². The van der Waals surface area contributed by atoms with Gasteiger partial charge in [-0.2, -0.15) is 0 Å². The van der Waals surface area contributed by atoms with Crippen molar-refractivity contribution in [3.63, 3.8) is 0 Å². The molecule has 2 atom stereocenters. The minimum Gasteiger partial charge on any atom is -0.352 e. The van der Waals surface area contributed by atoms with Crippen molar-refractivity contribution >= 4 is 43.5 Å². The molecule has 2 amide bonds. The zero-order valence-corrected chi connectivity index (χ0v) is 27.6. The van der Waals surface area contributed by atoms with E-state index in [1.165, 1.54) is 4.90 Å². The number of aryl methyl sites for hydroxylation is 1. The Kier molecular flexibility index (Phi) is 11.4. The summed E-state index contributed by atoms with van der Waals surface area (Å²) < 4.78 is 30.0. The van der Waals surface area contributed by atoms with E-state index in [9.17, 15) is 18.0 Å². The van der Waals surface area contributed by atoms with Gasteiger partial charge in [-0.15, -0.1) is 0 Å². The second-order valence-electron chi connectivity index (χ2n) is 10.8. The molecule has 0 fully saturated rings. The van der Waals surface area contributed by atoms with E-state index in [1.807, 2.05) is 81.4 Å². The van der Waals surface area contributed by atoms with Crippen molar-refractivity contribution in [2.75, 3.05) is 10.8 Å². The summed E-state index contributed by atoms with van der Waals surface area (Å²) in [6, 6.07) is 31.3. The highest BCUT2D eigenvalue weighted by molar-refractivity contribution is 9.10. The number of benzene rings is 4. The maximum absolute atomic E-state index is 14.5. The van der Waals surface area contributed by atoms with E-state index < -0.39 is 28.5 Å². The quantitative estimate of drug-likeness (QED) is 0.175. The van der Waals surface area contributed by atoms with E-state index in [2.05, 4.69) is 21.2 Å². The smallest absolute Gasteiger partial charge is 0.264 e. The number of carbonyl (C=O) groups excluding carboxylic acids is 2. The standard InChI is InChI=1S/C35H38BrN3O4S/c1-4-27(3)37-35(41)33(22-28-12-7-5-8-13-28)38(24-29-14-9-6-10-15-29)34(40)25-39(31-17-11-16-30(36)23-31)44(42,43)32-20-18-26(2)19-21-32/h5-21,23,27,33H,4,22,24-25H2,1-3H3,(H,37,41)/t27-,33+/m1/s1. The Bertz CT molecular complexity index is 1650. The zero-order valence-electron chi connectivity index (χ0n) is 25.2. The van der Waals surface area contributed by atoms with Crippen molar-refractivity contribution in [3.8, 4) is 0 Å². The van der Waals surface area contributed by atoms with Crippen LogP contribution in [0.3, 0.4) is 0 Å². The van der Waals surface area contributed by atoms with E-state index in [-0.39, 0.29) is 29.8 Å². The molecule has 0 aromatic heterocycles. The van der Waals surface area contributed by atoms with E-state index in [0.717, 1.165) is 27.4 Å². The van der Waals surface area contributed by atoms with Crippen molar-refractivity contribution in [3.05, 3.63) is 130 Å². The molecule has 0 aliphatic heterocycles. The number of rotatable bonds is 13. The molecule has 7 nitrogen and oxygen atoms in total. The van der Waals surface area contributed by atoms with Gasteiger partial charge >= 0.3 is 0 Å². The SMILES string of the molecule is CC[C@@H](C)NC(=O)[C@H](Cc1ccccc1)N(Cc1ccccc1)C(=O)CN(c1cccc(Br)c1)S(=O)(=O)c1ccc(C)cc1.